The van der Waals surface area contributed by atoms with E-state index in [-0.39, 0.29) is 17.3 Å². The Balaban J connectivity index is 2.01. The summed E-state index contributed by atoms with van der Waals surface area (Å²) in [6, 6.07) is 3.25. The van der Waals surface area contributed by atoms with Crippen LogP contribution in [0.15, 0.2) is 18.2 Å². The fraction of sp³-hybridized carbons (Fsp3) is 0.500. The molecule has 1 aromatic rings. The molecule has 1 fully saturated rings. The van der Waals surface area contributed by atoms with Crippen molar-refractivity contribution < 1.29 is 24.0 Å². The molecule has 1 aromatic carbocycles. The summed E-state index contributed by atoms with van der Waals surface area (Å²) in [5.74, 6) is -1.68. The third-order valence-electron chi connectivity index (χ3n) is 4.11. The maximum Gasteiger partial charge on any atom is 0.338 e. The summed E-state index contributed by atoms with van der Waals surface area (Å²) < 4.78 is 4.85. The zero-order valence-electron chi connectivity index (χ0n) is 15.9. The summed E-state index contributed by atoms with van der Waals surface area (Å²) in [4.78, 5) is 48.0. The normalized spacial score (nSPS) is 13.8. The Morgan fingerprint density at radius 2 is 1.89 bits per heavy atom. The second-order valence-electron chi connectivity index (χ2n) is 6.76. The van der Waals surface area contributed by atoms with Crippen LogP contribution in [0.25, 0.3) is 0 Å². The number of carbonyl (C=O) groups excluding carboxylic acids is 3. The Hall–Kier alpha value is -3.17. The van der Waals surface area contributed by atoms with Gasteiger partial charge in [0.1, 0.15) is 5.69 Å². The van der Waals surface area contributed by atoms with E-state index >= 15 is 0 Å². The first kappa shape index (κ1) is 21.1. The smallest absolute Gasteiger partial charge is 0.338 e. The van der Waals surface area contributed by atoms with Crippen LogP contribution in [-0.4, -0.2) is 48.6 Å². The van der Waals surface area contributed by atoms with Crippen molar-refractivity contribution in [2.75, 3.05) is 24.6 Å². The number of esters is 1. The number of piperidine rings is 1. The predicted octanol–water partition coefficient (Wildman–Crippen LogP) is 1.98. The van der Waals surface area contributed by atoms with Gasteiger partial charge in [-0.05, 0) is 45.2 Å². The van der Waals surface area contributed by atoms with Gasteiger partial charge in [-0.1, -0.05) is 0 Å². The number of rotatable bonds is 6. The van der Waals surface area contributed by atoms with Crippen molar-refractivity contribution in [3.8, 4) is 0 Å². The maximum atomic E-state index is 12.1. The SMILES string of the molecule is CC(C)NC(=O)NC(=O)COC(=O)c1ccc(N2CCCCC2)c([N+](=O)[O-])c1. The number of hydrogen-bond donors (Lipinski definition) is 2. The van der Waals surface area contributed by atoms with Crippen LogP contribution in [0, 0.1) is 10.1 Å². The first-order valence-electron chi connectivity index (χ1n) is 9.08. The van der Waals surface area contributed by atoms with Crippen molar-refractivity contribution in [3.05, 3.63) is 33.9 Å². The van der Waals surface area contributed by atoms with Gasteiger partial charge in [-0.2, -0.15) is 0 Å². The Morgan fingerprint density at radius 1 is 1.21 bits per heavy atom. The van der Waals surface area contributed by atoms with E-state index in [9.17, 15) is 24.5 Å². The zero-order chi connectivity index (χ0) is 20.7. The van der Waals surface area contributed by atoms with Crippen molar-refractivity contribution in [3.63, 3.8) is 0 Å². The number of nitrogens with one attached hydrogen (secondary N) is 2. The molecular formula is C18H24N4O6. The molecule has 0 aromatic heterocycles. The van der Waals surface area contributed by atoms with Crippen LogP contribution in [0.2, 0.25) is 0 Å². The standard InChI is InChI=1S/C18H24N4O6/c1-12(2)19-18(25)20-16(23)11-28-17(24)13-6-7-14(15(10-13)22(26)27)21-8-4-3-5-9-21/h6-7,10,12H,3-5,8-9,11H2,1-2H3,(H2,19,20,23,25). The number of hydrogen-bond acceptors (Lipinski definition) is 7. The highest BCUT2D eigenvalue weighted by molar-refractivity contribution is 5.97. The highest BCUT2D eigenvalue weighted by Crippen LogP contribution is 2.31. The molecule has 1 heterocycles. The fourth-order valence-electron chi connectivity index (χ4n) is 2.87. The van der Waals surface area contributed by atoms with Gasteiger partial charge in [-0.25, -0.2) is 9.59 Å². The zero-order valence-corrected chi connectivity index (χ0v) is 15.9. The lowest BCUT2D eigenvalue weighted by molar-refractivity contribution is -0.384. The molecule has 10 heteroatoms. The van der Waals surface area contributed by atoms with Crippen LogP contribution in [0.5, 0.6) is 0 Å². The van der Waals surface area contributed by atoms with E-state index in [0.29, 0.717) is 5.69 Å². The minimum Gasteiger partial charge on any atom is -0.452 e. The molecule has 0 saturated carbocycles. The topological polar surface area (TPSA) is 131 Å². The van der Waals surface area contributed by atoms with E-state index < -0.39 is 29.4 Å². The molecule has 0 bridgehead atoms. The van der Waals surface area contributed by atoms with Crippen molar-refractivity contribution in [1.82, 2.24) is 10.6 Å². The van der Waals surface area contributed by atoms with Crippen molar-refractivity contribution >= 4 is 29.3 Å². The largest absolute Gasteiger partial charge is 0.452 e. The predicted molar refractivity (Wildman–Crippen MR) is 101 cm³/mol. The van der Waals surface area contributed by atoms with Gasteiger partial charge in [0.15, 0.2) is 6.61 Å². The number of nitro groups is 1. The Bertz CT molecular complexity index is 758. The van der Waals surface area contributed by atoms with Crippen LogP contribution >= 0.6 is 0 Å². The van der Waals surface area contributed by atoms with Crippen molar-refractivity contribution in [1.29, 1.82) is 0 Å². The summed E-state index contributed by atoms with van der Waals surface area (Å²) in [6.07, 6.45) is 3.01. The lowest BCUT2D eigenvalue weighted by Gasteiger charge is -2.28. The van der Waals surface area contributed by atoms with Gasteiger partial charge >= 0.3 is 12.0 Å². The summed E-state index contributed by atoms with van der Waals surface area (Å²) in [5.41, 5.74) is 0.244. The second kappa shape index (κ2) is 9.67. The van der Waals surface area contributed by atoms with E-state index in [2.05, 4.69) is 5.32 Å². The molecule has 0 spiro atoms. The third kappa shape index (κ3) is 5.93. The van der Waals surface area contributed by atoms with Crippen LogP contribution < -0.4 is 15.5 Å². The summed E-state index contributed by atoms with van der Waals surface area (Å²) in [7, 11) is 0. The number of benzene rings is 1. The van der Waals surface area contributed by atoms with Crippen LogP contribution in [0.4, 0.5) is 16.2 Å². The molecule has 3 amide bonds. The number of nitrogens with zero attached hydrogens (tertiary/aromatic N) is 2. The van der Waals surface area contributed by atoms with Crippen molar-refractivity contribution in [2.24, 2.45) is 0 Å². The molecule has 28 heavy (non-hydrogen) atoms. The lowest BCUT2D eigenvalue weighted by Crippen LogP contribution is -2.44. The van der Waals surface area contributed by atoms with Crippen LogP contribution in [0.1, 0.15) is 43.5 Å². The molecule has 10 nitrogen and oxygen atoms in total. The van der Waals surface area contributed by atoms with E-state index in [4.69, 9.17) is 4.74 Å². The van der Waals surface area contributed by atoms with Crippen molar-refractivity contribution in [2.45, 2.75) is 39.2 Å². The average Bonchev–Trinajstić information content (AvgIpc) is 2.65. The molecule has 0 atom stereocenters. The number of carbonyl (C=O) groups is 3. The highest BCUT2D eigenvalue weighted by Gasteiger charge is 2.24. The van der Waals surface area contributed by atoms with Gasteiger partial charge in [-0.15, -0.1) is 0 Å². The molecule has 1 aliphatic heterocycles. The van der Waals surface area contributed by atoms with E-state index in [1.165, 1.54) is 12.1 Å². The monoisotopic (exact) mass is 392 g/mol. The van der Waals surface area contributed by atoms with Gasteiger partial charge in [0.05, 0.1) is 10.5 Å². The number of nitro benzene ring substituents is 1. The van der Waals surface area contributed by atoms with Gasteiger partial charge in [0.2, 0.25) is 0 Å². The fourth-order valence-corrected chi connectivity index (χ4v) is 2.87. The minimum absolute atomic E-state index is 0.0353. The molecule has 1 saturated heterocycles. The molecule has 152 valence electrons. The molecule has 0 radical (unpaired) electrons. The Morgan fingerprint density at radius 3 is 2.50 bits per heavy atom. The molecule has 0 aliphatic carbocycles. The van der Waals surface area contributed by atoms with Gasteiger partial charge in [0.25, 0.3) is 11.6 Å². The second-order valence-corrected chi connectivity index (χ2v) is 6.76. The molecule has 2 N–H and O–H groups in total. The minimum atomic E-state index is -0.882. The van der Waals surface area contributed by atoms with E-state index in [1.807, 2.05) is 10.2 Å². The van der Waals surface area contributed by atoms with Gasteiger partial charge in [0, 0.05) is 25.2 Å². The molecule has 2 rings (SSSR count). The first-order valence-corrected chi connectivity index (χ1v) is 9.08. The third-order valence-corrected chi connectivity index (χ3v) is 4.11. The number of imide groups is 1. The quantitative estimate of drug-likeness (QED) is 0.430. The highest BCUT2D eigenvalue weighted by atomic mass is 16.6. The number of urea groups is 1. The molecule has 0 unspecified atom stereocenters. The number of ether oxygens (including phenoxy) is 1. The number of anilines is 1. The van der Waals surface area contributed by atoms with Crippen LogP contribution in [-0.2, 0) is 9.53 Å². The molecular weight excluding hydrogens is 368 g/mol. The van der Waals surface area contributed by atoms with E-state index in [1.54, 1.807) is 13.8 Å². The van der Waals surface area contributed by atoms with E-state index in [0.717, 1.165) is 38.4 Å². The Kier molecular flexibility index (Phi) is 7.30. The first-order chi connectivity index (χ1) is 13.3. The van der Waals surface area contributed by atoms with Gasteiger partial charge in [-0.3, -0.25) is 20.2 Å². The maximum absolute atomic E-state index is 12.1. The number of amides is 3. The average molecular weight is 392 g/mol. The Labute approximate surface area is 162 Å². The molecule has 1 aliphatic rings. The van der Waals surface area contributed by atoms with Gasteiger partial charge < -0.3 is 15.0 Å². The summed E-state index contributed by atoms with van der Waals surface area (Å²) >= 11 is 0. The lowest BCUT2D eigenvalue weighted by atomic mass is 10.1. The summed E-state index contributed by atoms with van der Waals surface area (Å²) in [5, 5.41) is 15.9. The van der Waals surface area contributed by atoms with Crippen LogP contribution in [0.3, 0.4) is 0 Å². The summed E-state index contributed by atoms with van der Waals surface area (Å²) in [6.45, 7) is 4.23.